The summed E-state index contributed by atoms with van der Waals surface area (Å²) in [6.45, 7) is 9.20. The van der Waals surface area contributed by atoms with Gasteiger partial charge in [0.15, 0.2) is 0 Å². The molecule has 1 aromatic carbocycles. The summed E-state index contributed by atoms with van der Waals surface area (Å²) in [6, 6.07) is 4.53. The monoisotopic (exact) mass is 452 g/mol. The summed E-state index contributed by atoms with van der Waals surface area (Å²) in [6.07, 6.45) is 16.6. The van der Waals surface area contributed by atoms with E-state index in [1.165, 1.54) is 91.2 Å². The van der Waals surface area contributed by atoms with Crippen molar-refractivity contribution < 1.29 is 4.42 Å². The highest BCUT2D eigenvalue weighted by molar-refractivity contribution is 7.68. The van der Waals surface area contributed by atoms with Gasteiger partial charge in [0.05, 0.1) is 6.26 Å². The number of fused-ring (bicyclic) bond motifs is 1. The van der Waals surface area contributed by atoms with Crippen molar-refractivity contribution in [2.75, 3.05) is 0 Å². The van der Waals surface area contributed by atoms with Crippen LogP contribution in [0.3, 0.4) is 0 Å². The van der Waals surface area contributed by atoms with E-state index in [2.05, 4.69) is 46.1 Å². The van der Waals surface area contributed by atoms with Gasteiger partial charge in [-0.2, -0.15) is 0 Å². The second-order valence-electron chi connectivity index (χ2n) is 10.0. The largest absolute Gasteiger partial charge is 0.464 e. The summed E-state index contributed by atoms with van der Waals surface area (Å²) in [5.74, 6) is 0. The fourth-order valence-corrected chi connectivity index (χ4v) is 12.0. The van der Waals surface area contributed by atoms with Crippen LogP contribution in [0.4, 0.5) is 0 Å². The van der Waals surface area contributed by atoms with Crippen LogP contribution in [0.1, 0.15) is 85.1 Å². The molecule has 166 valence electrons. The molecule has 0 aliphatic heterocycles. The molecule has 0 spiro atoms. The van der Waals surface area contributed by atoms with E-state index in [0.29, 0.717) is 0 Å². The predicted molar refractivity (Wildman–Crippen MR) is 139 cm³/mol. The van der Waals surface area contributed by atoms with Gasteiger partial charge in [-0.15, -0.1) is 11.3 Å². The summed E-state index contributed by atoms with van der Waals surface area (Å²) in [5, 5.41) is 3.11. The minimum atomic E-state index is -0.120. The van der Waals surface area contributed by atoms with Gasteiger partial charge in [-0.05, 0) is 87.2 Å². The Balaban J connectivity index is 1.69. The first-order chi connectivity index (χ1) is 15.0. The van der Waals surface area contributed by atoms with Crippen molar-refractivity contribution in [3.05, 3.63) is 39.3 Å². The van der Waals surface area contributed by atoms with E-state index < -0.39 is 0 Å². The first-order valence-electron chi connectivity index (χ1n) is 12.4. The smallest absolute Gasteiger partial charge is 0.135 e. The van der Waals surface area contributed by atoms with Crippen molar-refractivity contribution in [1.29, 1.82) is 0 Å². The fourth-order valence-electron chi connectivity index (χ4n) is 6.41. The predicted octanol–water partition coefficient (Wildman–Crippen LogP) is 9.17. The molecule has 1 nitrogen and oxygen atoms in total. The van der Waals surface area contributed by atoms with Crippen molar-refractivity contribution in [2.24, 2.45) is 0 Å². The molecule has 2 aromatic heterocycles. The molecule has 3 heteroatoms. The molecular weight excluding hydrogens is 415 g/mol. The molecule has 2 heterocycles. The molecule has 0 bridgehead atoms. The highest BCUT2D eigenvalue weighted by Gasteiger charge is 2.36. The molecule has 2 aliphatic rings. The average Bonchev–Trinajstić information content (AvgIpc) is 3.30. The van der Waals surface area contributed by atoms with Gasteiger partial charge in [0, 0.05) is 26.3 Å². The second-order valence-corrected chi connectivity index (χ2v) is 14.2. The third-order valence-electron chi connectivity index (χ3n) is 7.71. The van der Waals surface area contributed by atoms with Gasteiger partial charge < -0.3 is 4.42 Å². The van der Waals surface area contributed by atoms with Gasteiger partial charge in [-0.3, -0.25) is 0 Å². The molecule has 0 N–H and O–H groups in total. The normalized spacial score (nSPS) is 19.0. The quantitative estimate of drug-likeness (QED) is 0.360. The zero-order chi connectivity index (χ0) is 21.5. The van der Waals surface area contributed by atoms with Gasteiger partial charge in [0.1, 0.15) is 5.58 Å². The van der Waals surface area contributed by atoms with Crippen molar-refractivity contribution in [3.8, 4) is 11.1 Å². The Labute approximate surface area is 193 Å². The molecule has 2 fully saturated rings. The Hall–Kier alpha value is -1.11. The van der Waals surface area contributed by atoms with Gasteiger partial charge in [0.25, 0.3) is 0 Å². The van der Waals surface area contributed by atoms with Crippen LogP contribution < -0.4 is 5.30 Å². The van der Waals surface area contributed by atoms with E-state index in [4.69, 9.17) is 4.42 Å². The maximum atomic E-state index is 6.17. The maximum Gasteiger partial charge on any atom is 0.135 e. The van der Waals surface area contributed by atoms with Crippen molar-refractivity contribution >= 4 is 35.5 Å². The number of hydrogen-bond acceptors (Lipinski definition) is 2. The molecule has 0 amide bonds. The van der Waals surface area contributed by atoms with Gasteiger partial charge in [-0.1, -0.05) is 52.5 Å². The van der Waals surface area contributed by atoms with Crippen LogP contribution in [0.15, 0.2) is 22.8 Å². The number of benzene rings is 1. The maximum absolute atomic E-state index is 6.17. The van der Waals surface area contributed by atoms with Crippen molar-refractivity contribution in [2.45, 2.75) is 103 Å². The van der Waals surface area contributed by atoms with Crippen LogP contribution >= 0.6 is 19.3 Å². The van der Waals surface area contributed by atoms with Crippen molar-refractivity contribution in [1.82, 2.24) is 0 Å². The minimum Gasteiger partial charge on any atom is -0.464 e. The van der Waals surface area contributed by atoms with Gasteiger partial charge in [-0.25, -0.2) is 0 Å². The molecule has 0 unspecified atom stereocenters. The highest BCUT2D eigenvalue weighted by atomic mass is 32.1. The second kappa shape index (κ2) is 9.03. The molecule has 31 heavy (non-hydrogen) atoms. The summed E-state index contributed by atoms with van der Waals surface area (Å²) in [7, 11) is -0.120. The molecule has 0 atom stereocenters. The minimum absolute atomic E-state index is 0.120. The Morgan fingerprint density at radius 3 is 2.03 bits per heavy atom. The number of furan rings is 1. The number of aryl methyl sites for hydroxylation is 4. The van der Waals surface area contributed by atoms with Crippen LogP contribution in [-0.4, -0.2) is 11.3 Å². The average molecular weight is 453 g/mol. The van der Waals surface area contributed by atoms with Gasteiger partial charge >= 0.3 is 0 Å². The van der Waals surface area contributed by atoms with Crippen molar-refractivity contribution in [3.63, 3.8) is 0 Å². The van der Waals surface area contributed by atoms with E-state index >= 15 is 0 Å². The molecule has 3 aromatic rings. The Morgan fingerprint density at radius 2 is 1.42 bits per heavy atom. The lowest BCUT2D eigenvalue weighted by molar-refractivity contribution is 0.487. The molecule has 2 aliphatic carbocycles. The summed E-state index contributed by atoms with van der Waals surface area (Å²) in [5.41, 5.74) is 8.48. The third-order valence-corrected chi connectivity index (χ3v) is 12.6. The molecule has 2 saturated carbocycles. The van der Waals surface area contributed by atoms with Crippen LogP contribution in [0.25, 0.3) is 22.1 Å². The fraction of sp³-hybridized carbons (Fsp3) is 0.571. The zero-order valence-corrected chi connectivity index (χ0v) is 21.4. The third kappa shape index (κ3) is 4.04. The number of thiophene rings is 1. The summed E-state index contributed by atoms with van der Waals surface area (Å²) >= 11 is 2.04. The SMILES string of the molecule is Cc1cc(C)c2c(-c3c(C)sc(C)c3P(C3CCCCC3)C3CCCCC3)coc2c1. The zero-order valence-electron chi connectivity index (χ0n) is 19.7. The standard InChI is InChI=1S/C28H37OPS/c1-18-15-19(2)26-24(17-29-25(26)16-18)27-20(3)31-21(4)28(27)30(22-11-7-5-8-12-22)23-13-9-6-10-14-23/h15-17,22-23H,5-14H2,1-4H3. The summed E-state index contributed by atoms with van der Waals surface area (Å²) in [4.78, 5) is 3.09. The lowest BCUT2D eigenvalue weighted by Crippen LogP contribution is -2.27. The number of hydrogen-bond donors (Lipinski definition) is 0. The van der Waals surface area contributed by atoms with E-state index in [1.807, 2.05) is 11.3 Å². The Morgan fingerprint density at radius 1 is 0.806 bits per heavy atom. The van der Waals surface area contributed by atoms with Gasteiger partial charge in [0.2, 0.25) is 0 Å². The summed E-state index contributed by atoms with van der Waals surface area (Å²) < 4.78 is 6.17. The molecule has 5 rings (SSSR count). The molecule has 0 radical (unpaired) electrons. The number of rotatable bonds is 4. The van der Waals surface area contributed by atoms with Crippen LogP contribution in [-0.2, 0) is 0 Å². The van der Waals surface area contributed by atoms with Crippen LogP contribution in [0, 0.1) is 27.7 Å². The van der Waals surface area contributed by atoms with E-state index in [0.717, 1.165) is 16.9 Å². The van der Waals surface area contributed by atoms with Crippen LogP contribution in [0.2, 0.25) is 0 Å². The molecule has 0 saturated heterocycles. The lowest BCUT2D eigenvalue weighted by Gasteiger charge is -2.39. The van der Waals surface area contributed by atoms with Crippen LogP contribution in [0.5, 0.6) is 0 Å². The Bertz CT molecular complexity index is 1040. The highest BCUT2D eigenvalue weighted by Crippen LogP contribution is 2.58. The lowest BCUT2D eigenvalue weighted by atomic mass is 9.99. The topological polar surface area (TPSA) is 13.1 Å². The first kappa shape index (κ1) is 21.7. The molecular formula is C28H37OPS. The Kier molecular flexibility index (Phi) is 6.33. The first-order valence-corrected chi connectivity index (χ1v) is 14.7. The van der Waals surface area contributed by atoms with E-state index in [-0.39, 0.29) is 7.92 Å². The van der Waals surface area contributed by atoms with E-state index in [9.17, 15) is 0 Å². The van der Waals surface area contributed by atoms with E-state index in [1.54, 1.807) is 15.7 Å².